The van der Waals surface area contributed by atoms with Gasteiger partial charge in [0.25, 0.3) is 0 Å². The second-order valence-electron chi connectivity index (χ2n) is 4.50. The van der Waals surface area contributed by atoms with Crippen molar-refractivity contribution in [2.75, 3.05) is 11.1 Å². The van der Waals surface area contributed by atoms with Gasteiger partial charge in [0.2, 0.25) is 5.91 Å². The average molecular weight is 381 g/mol. The minimum Gasteiger partial charge on any atom is -0.325 e. The summed E-state index contributed by atoms with van der Waals surface area (Å²) in [5, 5.41) is 11.9. The number of nitrogens with one attached hydrogen (secondary N) is 1. The Morgan fingerprint density at radius 1 is 1.41 bits per heavy atom. The Hall–Kier alpha value is -1.60. The van der Waals surface area contributed by atoms with Crippen molar-refractivity contribution < 1.29 is 4.79 Å². The van der Waals surface area contributed by atoms with E-state index in [1.807, 2.05) is 35.8 Å². The number of aromatic nitrogens is 3. The molecule has 0 unspecified atom stereocenters. The fourth-order valence-corrected chi connectivity index (χ4v) is 2.89. The number of aryl methyl sites for hydroxylation is 1. The van der Waals surface area contributed by atoms with E-state index in [2.05, 4.69) is 38.0 Å². The van der Waals surface area contributed by atoms with E-state index >= 15 is 0 Å². The molecule has 0 bridgehead atoms. The summed E-state index contributed by atoms with van der Waals surface area (Å²) in [5.41, 5.74) is 0.774. The summed E-state index contributed by atoms with van der Waals surface area (Å²) in [6, 6.07) is 7.47. The predicted molar refractivity (Wildman–Crippen MR) is 93.1 cm³/mol. The van der Waals surface area contributed by atoms with Crippen molar-refractivity contribution in [2.45, 2.75) is 25.0 Å². The zero-order valence-corrected chi connectivity index (χ0v) is 14.7. The van der Waals surface area contributed by atoms with Gasteiger partial charge in [-0.3, -0.25) is 4.79 Å². The van der Waals surface area contributed by atoms with E-state index in [0.29, 0.717) is 6.54 Å². The number of thioether (sulfide) groups is 1. The second kappa shape index (κ2) is 8.14. The molecular weight excluding hydrogens is 364 g/mol. The minimum atomic E-state index is -0.0708. The van der Waals surface area contributed by atoms with Crippen LogP contribution in [0.3, 0.4) is 0 Å². The number of hydrogen-bond donors (Lipinski definition) is 1. The van der Waals surface area contributed by atoms with E-state index < -0.39 is 0 Å². The standard InChI is InChI=1S/C15H17BrN4OS/c1-3-9-20-13(4-2)18-19-15(20)22-10-14(21)17-12-7-5-11(16)6-8-12/h3,5-8H,1,4,9-10H2,2H3,(H,17,21). The highest BCUT2D eigenvalue weighted by molar-refractivity contribution is 9.10. The van der Waals surface area contributed by atoms with E-state index in [9.17, 15) is 4.79 Å². The number of benzene rings is 1. The molecule has 116 valence electrons. The topological polar surface area (TPSA) is 59.8 Å². The Morgan fingerprint density at radius 2 is 2.14 bits per heavy atom. The van der Waals surface area contributed by atoms with Crippen molar-refractivity contribution in [3.05, 3.63) is 47.2 Å². The van der Waals surface area contributed by atoms with E-state index in [-0.39, 0.29) is 11.7 Å². The lowest BCUT2D eigenvalue weighted by molar-refractivity contribution is -0.113. The Bertz CT molecular complexity index is 654. The summed E-state index contributed by atoms with van der Waals surface area (Å²) >= 11 is 4.74. The van der Waals surface area contributed by atoms with Crippen molar-refractivity contribution in [1.29, 1.82) is 0 Å². The molecule has 1 heterocycles. The lowest BCUT2D eigenvalue weighted by Gasteiger charge is -2.07. The third-order valence-corrected chi connectivity index (χ3v) is 4.38. The minimum absolute atomic E-state index is 0.0708. The molecule has 0 fully saturated rings. The molecule has 0 aliphatic rings. The molecule has 2 aromatic rings. The molecular formula is C15H17BrN4OS. The van der Waals surface area contributed by atoms with Gasteiger partial charge in [0.1, 0.15) is 5.82 Å². The Morgan fingerprint density at radius 3 is 2.77 bits per heavy atom. The molecule has 0 saturated carbocycles. The maximum absolute atomic E-state index is 12.0. The largest absolute Gasteiger partial charge is 0.325 e. The predicted octanol–water partition coefficient (Wildman–Crippen LogP) is 3.52. The number of carbonyl (C=O) groups is 1. The fourth-order valence-electron chi connectivity index (χ4n) is 1.86. The quantitative estimate of drug-likeness (QED) is 0.589. The lowest BCUT2D eigenvalue weighted by atomic mass is 10.3. The Labute approximate surface area is 142 Å². The molecule has 1 aromatic carbocycles. The van der Waals surface area contributed by atoms with Gasteiger partial charge < -0.3 is 9.88 Å². The molecule has 0 spiro atoms. The molecule has 0 aliphatic heterocycles. The highest BCUT2D eigenvalue weighted by Gasteiger charge is 2.12. The highest BCUT2D eigenvalue weighted by Crippen LogP contribution is 2.19. The molecule has 0 radical (unpaired) electrons. The van der Waals surface area contributed by atoms with Crippen molar-refractivity contribution in [1.82, 2.24) is 14.8 Å². The number of amides is 1. The number of carbonyl (C=O) groups excluding carboxylic acids is 1. The number of anilines is 1. The third-order valence-electron chi connectivity index (χ3n) is 2.88. The molecule has 0 atom stereocenters. The average Bonchev–Trinajstić information content (AvgIpc) is 2.90. The second-order valence-corrected chi connectivity index (χ2v) is 6.35. The van der Waals surface area contributed by atoms with E-state index in [1.165, 1.54) is 11.8 Å². The van der Waals surface area contributed by atoms with Crippen LogP contribution in [0.15, 0.2) is 46.5 Å². The molecule has 22 heavy (non-hydrogen) atoms. The molecule has 2 rings (SSSR count). The maximum atomic E-state index is 12.0. The van der Waals surface area contributed by atoms with Crippen LogP contribution >= 0.6 is 27.7 Å². The first-order chi connectivity index (χ1) is 10.6. The maximum Gasteiger partial charge on any atom is 0.234 e. The zero-order valence-electron chi connectivity index (χ0n) is 12.3. The first-order valence-electron chi connectivity index (χ1n) is 6.85. The van der Waals surface area contributed by atoms with Gasteiger partial charge >= 0.3 is 0 Å². The van der Waals surface area contributed by atoms with E-state index in [0.717, 1.165) is 27.6 Å². The molecule has 5 nitrogen and oxygen atoms in total. The lowest BCUT2D eigenvalue weighted by Crippen LogP contribution is -2.14. The molecule has 0 saturated heterocycles. The normalized spacial score (nSPS) is 10.5. The van der Waals surface area contributed by atoms with Crippen LogP contribution in [0, 0.1) is 0 Å². The van der Waals surface area contributed by atoms with Gasteiger partial charge in [0.05, 0.1) is 5.75 Å². The Kier molecular flexibility index (Phi) is 6.21. The summed E-state index contributed by atoms with van der Waals surface area (Å²) in [5.74, 6) is 1.11. The molecule has 1 aromatic heterocycles. The van der Waals surface area contributed by atoms with Crippen LogP contribution in [0.1, 0.15) is 12.7 Å². The van der Waals surface area contributed by atoms with Gasteiger partial charge in [-0.05, 0) is 24.3 Å². The number of hydrogen-bond acceptors (Lipinski definition) is 4. The first-order valence-corrected chi connectivity index (χ1v) is 8.63. The SMILES string of the molecule is C=CCn1c(CC)nnc1SCC(=O)Nc1ccc(Br)cc1. The molecule has 7 heteroatoms. The van der Waals surface area contributed by atoms with Gasteiger partial charge in [-0.15, -0.1) is 16.8 Å². The number of halogens is 1. The summed E-state index contributed by atoms with van der Waals surface area (Å²) in [6.45, 7) is 6.41. The molecule has 0 aliphatic carbocycles. The smallest absolute Gasteiger partial charge is 0.234 e. The zero-order chi connectivity index (χ0) is 15.9. The van der Waals surface area contributed by atoms with Crippen LogP contribution in [-0.2, 0) is 17.8 Å². The first kappa shape index (κ1) is 16.8. The summed E-state index contributed by atoms with van der Waals surface area (Å²) in [6.07, 6.45) is 2.60. The summed E-state index contributed by atoms with van der Waals surface area (Å²) < 4.78 is 2.95. The van der Waals surface area contributed by atoms with Crippen molar-refractivity contribution in [3.63, 3.8) is 0 Å². The van der Waals surface area contributed by atoms with Gasteiger partial charge in [-0.25, -0.2) is 0 Å². The van der Waals surface area contributed by atoms with Crippen LogP contribution in [-0.4, -0.2) is 26.4 Å². The summed E-state index contributed by atoms with van der Waals surface area (Å²) in [7, 11) is 0. The summed E-state index contributed by atoms with van der Waals surface area (Å²) in [4.78, 5) is 12.0. The van der Waals surface area contributed by atoms with Crippen molar-refractivity contribution >= 4 is 39.3 Å². The highest BCUT2D eigenvalue weighted by atomic mass is 79.9. The number of rotatable bonds is 7. The number of allylic oxidation sites excluding steroid dienone is 1. The van der Waals surface area contributed by atoms with Crippen LogP contribution < -0.4 is 5.32 Å². The Balaban J connectivity index is 1.94. The molecule has 1 N–H and O–H groups in total. The van der Waals surface area contributed by atoms with E-state index in [4.69, 9.17) is 0 Å². The van der Waals surface area contributed by atoms with Gasteiger partial charge in [-0.1, -0.05) is 40.7 Å². The van der Waals surface area contributed by atoms with Crippen LogP contribution in [0.4, 0.5) is 5.69 Å². The van der Waals surface area contributed by atoms with Crippen molar-refractivity contribution in [3.8, 4) is 0 Å². The van der Waals surface area contributed by atoms with Gasteiger partial charge in [0.15, 0.2) is 5.16 Å². The van der Waals surface area contributed by atoms with Crippen LogP contribution in [0.25, 0.3) is 0 Å². The van der Waals surface area contributed by atoms with Crippen molar-refractivity contribution in [2.24, 2.45) is 0 Å². The fraction of sp³-hybridized carbons (Fsp3) is 0.267. The number of nitrogens with zero attached hydrogens (tertiary/aromatic N) is 3. The molecule has 1 amide bonds. The van der Waals surface area contributed by atoms with Gasteiger partial charge in [-0.2, -0.15) is 0 Å². The van der Waals surface area contributed by atoms with Crippen LogP contribution in [0.5, 0.6) is 0 Å². The van der Waals surface area contributed by atoms with Crippen LogP contribution in [0.2, 0.25) is 0 Å². The van der Waals surface area contributed by atoms with Gasteiger partial charge in [0, 0.05) is 23.1 Å². The van der Waals surface area contributed by atoms with E-state index in [1.54, 1.807) is 6.08 Å². The monoisotopic (exact) mass is 380 g/mol. The third kappa shape index (κ3) is 4.45.